The fourth-order valence-electron chi connectivity index (χ4n) is 3.67. The van der Waals surface area contributed by atoms with Crippen molar-refractivity contribution in [2.45, 2.75) is 31.9 Å². The molecule has 3 N–H and O–H groups in total. The van der Waals surface area contributed by atoms with E-state index >= 15 is 0 Å². The summed E-state index contributed by atoms with van der Waals surface area (Å²) in [4.78, 5) is 18.8. The second-order valence-corrected chi connectivity index (χ2v) is 7.28. The van der Waals surface area contributed by atoms with E-state index in [1.54, 1.807) is 0 Å². The summed E-state index contributed by atoms with van der Waals surface area (Å²) in [5.74, 6) is 1.81. The van der Waals surface area contributed by atoms with Crippen LogP contribution in [0.2, 0.25) is 0 Å². The van der Waals surface area contributed by atoms with Crippen LogP contribution in [0, 0.1) is 5.92 Å². The largest absolute Gasteiger partial charge is 0.393 e. The van der Waals surface area contributed by atoms with Crippen LogP contribution in [0.25, 0.3) is 22.6 Å². The monoisotopic (exact) mass is 352 g/mol. The molecule has 26 heavy (non-hydrogen) atoms. The molecule has 0 saturated heterocycles. The van der Waals surface area contributed by atoms with Gasteiger partial charge in [0.25, 0.3) is 0 Å². The van der Waals surface area contributed by atoms with E-state index in [1.807, 2.05) is 32.3 Å². The molecular weight excluding hydrogens is 328 g/mol. The van der Waals surface area contributed by atoms with Crippen molar-refractivity contribution in [3.63, 3.8) is 0 Å². The van der Waals surface area contributed by atoms with Gasteiger partial charge in [-0.2, -0.15) is 0 Å². The molecule has 0 aliphatic heterocycles. The molecule has 2 aromatic heterocycles. The lowest BCUT2D eigenvalue weighted by Crippen LogP contribution is -2.17. The average Bonchev–Trinajstić information content (AvgIpc) is 3.19. The molecule has 1 aromatic carbocycles. The Morgan fingerprint density at radius 2 is 2.00 bits per heavy atom. The number of hydrogen-bond donors (Lipinski definition) is 3. The number of rotatable bonds is 4. The first-order valence-electron chi connectivity index (χ1n) is 8.95. The number of nitrogens with zero attached hydrogens (tertiary/aromatic N) is 4. The van der Waals surface area contributed by atoms with E-state index in [1.165, 1.54) is 6.33 Å². The van der Waals surface area contributed by atoms with Gasteiger partial charge in [0.15, 0.2) is 11.5 Å². The van der Waals surface area contributed by atoms with Crippen molar-refractivity contribution in [2.75, 3.05) is 24.3 Å². The number of aliphatic hydroxyl groups excluding tert-OH is 1. The highest BCUT2D eigenvalue weighted by Crippen LogP contribution is 2.32. The van der Waals surface area contributed by atoms with E-state index < -0.39 is 0 Å². The Labute approximate surface area is 152 Å². The highest BCUT2D eigenvalue weighted by Gasteiger charge is 2.30. The molecule has 4 rings (SSSR count). The van der Waals surface area contributed by atoms with Gasteiger partial charge in [0.2, 0.25) is 0 Å². The second-order valence-electron chi connectivity index (χ2n) is 7.28. The maximum atomic E-state index is 10.00. The number of aromatic nitrogens is 4. The molecule has 1 saturated carbocycles. The van der Waals surface area contributed by atoms with E-state index in [-0.39, 0.29) is 12.1 Å². The number of aromatic amines is 1. The third-order valence-electron chi connectivity index (χ3n) is 5.11. The zero-order valence-electron chi connectivity index (χ0n) is 15.3. The maximum absolute atomic E-state index is 10.00. The van der Waals surface area contributed by atoms with Crippen LogP contribution in [0.5, 0.6) is 0 Å². The number of imidazole rings is 1. The van der Waals surface area contributed by atoms with Crippen LogP contribution in [0.15, 0.2) is 30.6 Å². The fraction of sp³-hybridized carbons (Fsp3) is 0.421. The van der Waals surface area contributed by atoms with Gasteiger partial charge >= 0.3 is 0 Å². The van der Waals surface area contributed by atoms with Gasteiger partial charge in [-0.05, 0) is 30.9 Å². The molecule has 0 unspecified atom stereocenters. The number of para-hydroxylation sites is 1. The number of H-pyrrole nitrogens is 1. The Bertz CT molecular complexity index is 911. The minimum absolute atomic E-state index is 0.207. The molecule has 7 heteroatoms. The van der Waals surface area contributed by atoms with E-state index in [0.29, 0.717) is 11.6 Å². The van der Waals surface area contributed by atoms with Gasteiger partial charge < -0.3 is 20.3 Å². The summed E-state index contributed by atoms with van der Waals surface area (Å²) >= 11 is 0. The minimum atomic E-state index is -0.255. The standard InChI is InChI=1S/C19H24N6O/c1-11-8-12(9-15(11)26)22-18-16-19(21-10-20-18)24-17(23-16)13-6-4-5-7-14(13)25(2)3/h4-7,10-12,15,26H,8-9H2,1-3H3,(H2,20,21,22,23,24)/t11-,12+,15-/m0/s1. The van der Waals surface area contributed by atoms with E-state index in [0.717, 1.165) is 41.3 Å². The van der Waals surface area contributed by atoms with Gasteiger partial charge in [-0.3, -0.25) is 0 Å². The van der Waals surface area contributed by atoms with Crippen molar-refractivity contribution < 1.29 is 5.11 Å². The number of anilines is 2. The molecular formula is C19H24N6O. The molecule has 1 aliphatic carbocycles. The highest BCUT2D eigenvalue weighted by molar-refractivity contribution is 5.87. The Kier molecular flexibility index (Phi) is 4.24. The average molecular weight is 352 g/mol. The van der Waals surface area contributed by atoms with Gasteiger partial charge in [0, 0.05) is 31.4 Å². The van der Waals surface area contributed by atoms with Crippen molar-refractivity contribution in [1.29, 1.82) is 0 Å². The van der Waals surface area contributed by atoms with E-state index in [4.69, 9.17) is 0 Å². The molecule has 0 radical (unpaired) electrons. The number of nitrogens with one attached hydrogen (secondary N) is 2. The molecule has 0 amide bonds. The molecule has 7 nitrogen and oxygen atoms in total. The molecule has 136 valence electrons. The highest BCUT2D eigenvalue weighted by atomic mass is 16.3. The Hall–Kier alpha value is -2.67. The number of hydrogen-bond acceptors (Lipinski definition) is 6. The number of fused-ring (bicyclic) bond motifs is 1. The molecule has 1 fully saturated rings. The quantitative estimate of drug-likeness (QED) is 0.669. The summed E-state index contributed by atoms with van der Waals surface area (Å²) in [6, 6.07) is 8.33. The molecule has 3 aromatic rings. The summed E-state index contributed by atoms with van der Waals surface area (Å²) in [5, 5.41) is 13.5. The van der Waals surface area contributed by atoms with Gasteiger partial charge in [-0.1, -0.05) is 19.1 Å². The lowest BCUT2D eigenvalue weighted by Gasteiger charge is -2.15. The number of aliphatic hydroxyl groups is 1. The molecule has 3 atom stereocenters. The topological polar surface area (TPSA) is 90.0 Å². The molecule has 1 aliphatic rings. The first-order valence-corrected chi connectivity index (χ1v) is 8.95. The number of benzene rings is 1. The maximum Gasteiger partial charge on any atom is 0.183 e. The van der Waals surface area contributed by atoms with Crippen molar-refractivity contribution in [3.8, 4) is 11.4 Å². The van der Waals surface area contributed by atoms with Gasteiger partial charge in [-0.25, -0.2) is 15.0 Å². The Morgan fingerprint density at radius 1 is 1.19 bits per heavy atom. The van der Waals surface area contributed by atoms with Crippen LogP contribution in [0.4, 0.5) is 11.5 Å². The van der Waals surface area contributed by atoms with Crippen LogP contribution >= 0.6 is 0 Å². The van der Waals surface area contributed by atoms with E-state index in [9.17, 15) is 5.11 Å². The predicted molar refractivity (Wildman–Crippen MR) is 103 cm³/mol. The first kappa shape index (κ1) is 16.8. The lowest BCUT2D eigenvalue weighted by atomic mass is 10.1. The predicted octanol–water partition coefficient (Wildman–Crippen LogP) is 2.66. The molecule has 2 heterocycles. The third-order valence-corrected chi connectivity index (χ3v) is 5.11. The van der Waals surface area contributed by atoms with Gasteiger partial charge in [0.1, 0.15) is 17.7 Å². The Balaban J connectivity index is 1.70. The second kappa shape index (κ2) is 6.57. The third kappa shape index (κ3) is 2.99. The zero-order valence-corrected chi connectivity index (χ0v) is 15.3. The van der Waals surface area contributed by atoms with Crippen molar-refractivity contribution in [1.82, 2.24) is 19.9 Å². The zero-order chi connectivity index (χ0) is 18.3. The summed E-state index contributed by atoms with van der Waals surface area (Å²) in [5.41, 5.74) is 3.54. The minimum Gasteiger partial charge on any atom is -0.393 e. The van der Waals surface area contributed by atoms with Crippen molar-refractivity contribution in [2.24, 2.45) is 5.92 Å². The molecule has 0 bridgehead atoms. The first-order chi connectivity index (χ1) is 12.5. The fourth-order valence-corrected chi connectivity index (χ4v) is 3.67. The van der Waals surface area contributed by atoms with Crippen LogP contribution in [0.3, 0.4) is 0 Å². The van der Waals surface area contributed by atoms with Crippen LogP contribution < -0.4 is 10.2 Å². The van der Waals surface area contributed by atoms with E-state index in [2.05, 4.69) is 43.1 Å². The van der Waals surface area contributed by atoms with Gasteiger partial charge in [-0.15, -0.1) is 0 Å². The van der Waals surface area contributed by atoms with Crippen molar-refractivity contribution >= 4 is 22.7 Å². The summed E-state index contributed by atoms with van der Waals surface area (Å²) in [6.45, 7) is 2.08. The lowest BCUT2D eigenvalue weighted by molar-refractivity contribution is 0.141. The normalized spacial score (nSPS) is 22.7. The summed E-state index contributed by atoms with van der Waals surface area (Å²) in [7, 11) is 4.03. The van der Waals surface area contributed by atoms with Crippen LogP contribution in [-0.2, 0) is 0 Å². The van der Waals surface area contributed by atoms with Crippen molar-refractivity contribution in [3.05, 3.63) is 30.6 Å². The van der Waals surface area contributed by atoms with Crippen LogP contribution in [0.1, 0.15) is 19.8 Å². The summed E-state index contributed by atoms with van der Waals surface area (Å²) < 4.78 is 0. The molecule has 0 spiro atoms. The SMILES string of the molecule is C[C@H]1C[C@@H](Nc2ncnc3nc(-c4ccccc4N(C)C)[nH]c23)C[C@@H]1O. The Morgan fingerprint density at radius 3 is 2.73 bits per heavy atom. The van der Waals surface area contributed by atoms with Gasteiger partial charge in [0.05, 0.1) is 6.10 Å². The smallest absolute Gasteiger partial charge is 0.183 e. The summed E-state index contributed by atoms with van der Waals surface area (Å²) in [6.07, 6.45) is 2.94. The van der Waals surface area contributed by atoms with Crippen LogP contribution in [-0.4, -0.2) is 51.3 Å².